The van der Waals surface area contributed by atoms with Crippen molar-refractivity contribution in [3.05, 3.63) is 94.5 Å². The van der Waals surface area contributed by atoms with Crippen molar-refractivity contribution >= 4 is 23.1 Å². The Morgan fingerprint density at radius 2 is 1.69 bits per heavy atom. The third kappa shape index (κ3) is 4.29. The third-order valence-electron chi connectivity index (χ3n) is 4.85. The highest BCUT2D eigenvalue weighted by Gasteiger charge is 2.18. The molecule has 0 aliphatic heterocycles. The zero-order valence-corrected chi connectivity index (χ0v) is 17.4. The number of aromatic nitrogens is 3. The van der Waals surface area contributed by atoms with E-state index < -0.39 is 17.6 Å². The lowest BCUT2D eigenvalue weighted by atomic mass is 10.2. The molecule has 0 N–H and O–H groups in total. The minimum atomic E-state index is -0.518. The summed E-state index contributed by atoms with van der Waals surface area (Å²) in [6.07, 6.45) is 1.56. The molecule has 2 heterocycles. The maximum Gasteiger partial charge on any atom is 0.338 e. The van der Waals surface area contributed by atoms with E-state index in [0.29, 0.717) is 22.4 Å². The summed E-state index contributed by atoms with van der Waals surface area (Å²) in [5.74, 6) is -0.977. The van der Waals surface area contributed by atoms with E-state index in [1.165, 1.54) is 9.13 Å². The molecule has 0 amide bonds. The maximum absolute atomic E-state index is 13.1. The van der Waals surface area contributed by atoms with Crippen molar-refractivity contribution in [3.63, 3.8) is 0 Å². The van der Waals surface area contributed by atoms with Crippen LogP contribution in [0.5, 0.6) is 0 Å². The molecule has 8 nitrogen and oxygen atoms in total. The highest BCUT2D eigenvalue weighted by molar-refractivity contribution is 5.89. The Balaban J connectivity index is 1.61. The summed E-state index contributed by atoms with van der Waals surface area (Å²) >= 11 is 0. The van der Waals surface area contributed by atoms with Gasteiger partial charge in [-0.05, 0) is 48.9 Å². The van der Waals surface area contributed by atoms with Crippen molar-refractivity contribution in [1.82, 2.24) is 14.1 Å². The van der Waals surface area contributed by atoms with Crippen LogP contribution in [0.1, 0.15) is 22.8 Å². The van der Waals surface area contributed by atoms with Crippen LogP contribution in [0.15, 0.2) is 77.7 Å². The molecule has 2 aromatic carbocycles. The van der Waals surface area contributed by atoms with Gasteiger partial charge in [0.2, 0.25) is 0 Å². The normalized spacial score (nSPS) is 10.8. The van der Waals surface area contributed by atoms with Gasteiger partial charge in [-0.3, -0.25) is 13.9 Å². The van der Waals surface area contributed by atoms with Crippen LogP contribution in [-0.2, 0) is 27.4 Å². The first-order chi connectivity index (χ1) is 15.6. The fourth-order valence-corrected chi connectivity index (χ4v) is 3.37. The quantitative estimate of drug-likeness (QED) is 0.418. The van der Waals surface area contributed by atoms with Gasteiger partial charge in [0.05, 0.1) is 23.4 Å². The van der Waals surface area contributed by atoms with Gasteiger partial charge in [-0.15, -0.1) is 0 Å². The Morgan fingerprint density at radius 1 is 0.938 bits per heavy atom. The first kappa shape index (κ1) is 21.0. The molecular formula is C24H21N3O5. The van der Waals surface area contributed by atoms with Gasteiger partial charge in [0.15, 0.2) is 5.65 Å². The molecule has 0 atom stereocenters. The maximum atomic E-state index is 13.1. The van der Waals surface area contributed by atoms with E-state index in [-0.39, 0.29) is 19.8 Å². The molecule has 0 aliphatic carbocycles. The number of benzene rings is 2. The fraction of sp³-hybridized carbons (Fsp3) is 0.167. The molecule has 0 bridgehead atoms. The molecule has 32 heavy (non-hydrogen) atoms. The lowest BCUT2D eigenvalue weighted by Crippen LogP contribution is -2.27. The summed E-state index contributed by atoms with van der Waals surface area (Å²) < 4.78 is 13.0. The summed E-state index contributed by atoms with van der Waals surface area (Å²) in [6.45, 7) is 1.86. The van der Waals surface area contributed by atoms with Gasteiger partial charge in [0.25, 0.3) is 0 Å². The van der Waals surface area contributed by atoms with E-state index >= 15 is 0 Å². The SMILES string of the molecule is CCOC(=O)Cn1c(=O)n(-c2ccc(C(=O)OCc3ccccc3)cc2)c2cccnc21. The van der Waals surface area contributed by atoms with Crippen molar-refractivity contribution in [2.75, 3.05) is 6.61 Å². The van der Waals surface area contributed by atoms with Crippen LogP contribution < -0.4 is 5.69 Å². The molecule has 0 saturated carbocycles. The van der Waals surface area contributed by atoms with E-state index in [1.54, 1.807) is 49.5 Å². The van der Waals surface area contributed by atoms with Gasteiger partial charge in [0, 0.05) is 6.20 Å². The number of nitrogens with zero attached hydrogens (tertiary/aromatic N) is 3. The summed E-state index contributed by atoms with van der Waals surface area (Å²) in [5.41, 5.74) is 2.29. The van der Waals surface area contributed by atoms with Crippen LogP contribution in [0.2, 0.25) is 0 Å². The molecule has 0 spiro atoms. The average Bonchev–Trinajstić information content (AvgIpc) is 3.09. The van der Waals surface area contributed by atoms with Crippen LogP contribution in [0.25, 0.3) is 16.9 Å². The number of pyridine rings is 1. The lowest BCUT2D eigenvalue weighted by Gasteiger charge is -2.07. The summed E-state index contributed by atoms with van der Waals surface area (Å²) in [5, 5.41) is 0. The second-order valence-corrected chi connectivity index (χ2v) is 6.96. The summed E-state index contributed by atoms with van der Waals surface area (Å²) in [4.78, 5) is 41.7. The topological polar surface area (TPSA) is 92.4 Å². The average molecular weight is 431 g/mol. The van der Waals surface area contributed by atoms with E-state index in [1.807, 2.05) is 30.3 Å². The van der Waals surface area contributed by atoms with Crippen molar-refractivity contribution in [1.29, 1.82) is 0 Å². The first-order valence-corrected chi connectivity index (χ1v) is 10.1. The monoisotopic (exact) mass is 431 g/mol. The number of imidazole rings is 1. The minimum Gasteiger partial charge on any atom is -0.465 e. The zero-order chi connectivity index (χ0) is 22.5. The number of carbonyl (C=O) groups is 2. The highest BCUT2D eigenvalue weighted by Crippen LogP contribution is 2.17. The number of esters is 2. The Hall–Kier alpha value is -4.20. The van der Waals surface area contributed by atoms with Gasteiger partial charge in [-0.2, -0.15) is 0 Å². The van der Waals surface area contributed by atoms with Crippen LogP contribution in [0.3, 0.4) is 0 Å². The zero-order valence-electron chi connectivity index (χ0n) is 17.4. The molecule has 0 radical (unpaired) electrons. The number of ether oxygens (including phenoxy) is 2. The van der Waals surface area contributed by atoms with Crippen molar-refractivity contribution in [2.24, 2.45) is 0 Å². The largest absolute Gasteiger partial charge is 0.465 e. The van der Waals surface area contributed by atoms with Crippen molar-refractivity contribution in [2.45, 2.75) is 20.1 Å². The minimum absolute atomic E-state index is 0.175. The van der Waals surface area contributed by atoms with Gasteiger partial charge in [-0.25, -0.2) is 14.6 Å². The molecule has 8 heteroatoms. The van der Waals surface area contributed by atoms with Gasteiger partial charge in [-0.1, -0.05) is 30.3 Å². The molecular weight excluding hydrogens is 410 g/mol. The van der Waals surface area contributed by atoms with Crippen LogP contribution in [-0.4, -0.2) is 32.7 Å². The Bertz CT molecular complexity index is 1310. The van der Waals surface area contributed by atoms with Crippen molar-refractivity contribution in [3.8, 4) is 5.69 Å². The van der Waals surface area contributed by atoms with Crippen LogP contribution in [0, 0.1) is 0 Å². The van der Waals surface area contributed by atoms with Gasteiger partial charge in [0.1, 0.15) is 13.2 Å². The van der Waals surface area contributed by atoms with E-state index in [4.69, 9.17) is 9.47 Å². The summed E-state index contributed by atoms with van der Waals surface area (Å²) in [6, 6.07) is 19.4. The highest BCUT2D eigenvalue weighted by atomic mass is 16.5. The number of carbonyl (C=O) groups excluding carboxylic acids is 2. The van der Waals surface area contributed by atoms with Gasteiger partial charge < -0.3 is 9.47 Å². The molecule has 0 aliphatic rings. The number of rotatable bonds is 7. The Morgan fingerprint density at radius 3 is 2.41 bits per heavy atom. The van der Waals surface area contributed by atoms with E-state index in [9.17, 15) is 14.4 Å². The van der Waals surface area contributed by atoms with Crippen LogP contribution in [0.4, 0.5) is 0 Å². The second kappa shape index (κ2) is 9.30. The predicted octanol–water partition coefficient (Wildman–Crippen LogP) is 3.11. The smallest absolute Gasteiger partial charge is 0.338 e. The summed E-state index contributed by atoms with van der Waals surface area (Å²) in [7, 11) is 0. The van der Waals surface area contributed by atoms with E-state index in [0.717, 1.165) is 5.56 Å². The number of fused-ring (bicyclic) bond motifs is 1. The van der Waals surface area contributed by atoms with Crippen LogP contribution >= 0.6 is 0 Å². The number of hydrogen-bond donors (Lipinski definition) is 0. The predicted molar refractivity (Wildman–Crippen MR) is 118 cm³/mol. The Kier molecular flexibility index (Phi) is 6.12. The first-order valence-electron chi connectivity index (χ1n) is 10.1. The van der Waals surface area contributed by atoms with Gasteiger partial charge >= 0.3 is 17.6 Å². The molecule has 2 aromatic heterocycles. The van der Waals surface area contributed by atoms with Crippen molar-refractivity contribution < 1.29 is 19.1 Å². The number of hydrogen-bond acceptors (Lipinski definition) is 6. The molecule has 0 fully saturated rings. The molecule has 0 unspecified atom stereocenters. The van der Waals surface area contributed by atoms with E-state index in [2.05, 4.69) is 4.98 Å². The molecule has 4 aromatic rings. The molecule has 0 saturated heterocycles. The lowest BCUT2D eigenvalue weighted by molar-refractivity contribution is -0.143. The molecule has 4 rings (SSSR count). The fourth-order valence-electron chi connectivity index (χ4n) is 3.37. The third-order valence-corrected chi connectivity index (χ3v) is 4.85. The second-order valence-electron chi connectivity index (χ2n) is 6.96. The molecule has 162 valence electrons. The standard InChI is InChI=1S/C24H21N3O5/c1-2-31-21(28)15-26-22-20(9-6-14-25-22)27(24(26)30)19-12-10-18(11-13-19)23(29)32-16-17-7-4-3-5-8-17/h3-14H,2,15-16H2,1H3. The Labute approximate surface area is 183 Å².